The molecule has 0 aliphatic heterocycles. The summed E-state index contributed by atoms with van der Waals surface area (Å²) in [6.07, 6.45) is 15.9. The molecule has 124 valence electrons. The highest BCUT2D eigenvalue weighted by molar-refractivity contribution is 8.59. The molecule has 1 atom stereocenters. The van der Waals surface area contributed by atoms with Crippen molar-refractivity contribution in [3.63, 3.8) is 0 Å². The van der Waals surface area contributed by atoms with Crippen molar-refractivity contribution in [2.24, 2.45) is 0 Å². The Kier molecular flexibility index (Phi) is 8.07. The number of rotatable bonds is 6. The van der Waals surface area contributed by atoms with Gasteiger partial charge in [0, 0.05) is 5.56 Å². The fraction of sp³-hybridized carbons (Fsp3) is 0.222. The predicted molar refractivity (Wildman–Crippen MR) is 111 cm³/mol. The van der Waals surface area contributed by atoms with E-state index in [0.29, 0.717) is 5.75 Å². The maximum atomic E-state index is 9.87. The van der Waals surface area contributed by atoms with Crippen LogP contribution in [0.3, 0.4) is 0 Å². The van der Waals surface area contributed by atoms with Gasteiger partial charge < -0.3 is 9.42 Å². The van der Waals surface area contributed by atoms with Crippen molar-refractivity contribution in [2.75, 3.05) is 0 Å². The van der Waals surface area contributed by atoms with E-state index in [-0.39, 0.29) is 0 Å². The van der Waals surface area contributed by atoms with Crippen molar-refractivity contribution in [1.82, 2.24) is 0 Å². The van der Waals surface area contributed by atoms with Crippen LogP contribution in [-0.4, -0.2) is 4.89 Å². The largest absolute Gasteiger partial charge is 0.436 e. The third kappa shape index (κ3) is 5.82. The molecule has 1 aromatic carbocycles. The molecule has 23 heavy (non-hydrogen) atoms. The van der Waals surface area contributed by atoms with Crippen molar-refractivity contribution in [1.29, 1.82) is 0 Å². The zero-order chi connectivity index (χ0) is 17.5. The monoisotopic (exact) mass is 366 g/mol. The summed E-state index contributed by atoms with van der Waals surface area (Å²) in [5, 5.41) is 0. The van der Waals surface area contributed by atoms with Gasteiger partial charge >= 0.3 is 0 Å². The van der Waals surface area contributed by atoms with E-state index in [1.54, 1.807) is 0 Å². The molecule has 0 saturated carbocycles. The van der Waals surface area contributed by atoms with Gasteiger partial charge in [-0.2, -0.15) is 0 Å². The molecule has 2 nitrogen and oxygen atoms in total. The van der Waals surface area contributed by atoms with Crippen LogP contribution in [0.15, 0.2) is 30.4 Å². The summed E-state index contributed by atoms with van der Waals surface area (Å²) in [5.41, 5.74) is 0.871. The van der Waals surface area contributed by atoms with Crippen LogP contribution in [0.5, 0.6) is 5.75 Å². The summed E-state index contributed by atoms with van der Waals surface area (Å²) in [7, 11) is 0. The first-order valence-corrected chi connectivity index (χ1v) is 11.2. The van der Waals surface area contributed by atoms with Gasteiger partial charge in [-0.1, -0.05) is 60.9 Å². The van der Waals surface area contributed by atoms with Crippen LogP contribution in [-0.2, 0) is 11.8 Å². The van der Waals surface area contributed by atoms with Gasteiger partial charge in [0.25, 0.3) is 5.69 Å². The molecule has 0 aliphatic carbocycles. The highest BCUT2D eigenvalue weighted by Crippen LogP contribution is 2.49. The Morgan fingerprint density at radius 2 is 1.39 bits per heavy atom. The molecule has 0 aliphatic rings. The molecule has 0 spiro atoms. The molecule has 0 fully saturated rings. The fourth-order valence-corrected chi connectivity index (χ4v) is 3.20. The van der Waals surface area contributed by atoms with E-state index in [4.69, 9.17) is 16.3 Å². The second kappa shape index (κ2) is 9.29. The van der Waals surface area contributed by atoms with E-state index >= 15 is 0 Å². The topological polar surface area (TPSA) is 29.5 Å². The van der Waals surface area contributed by atoms with Crippen molar-refractivity contribution < 1.29 is 9.42 Å². The minimum Gasteiger partial charge on any atom is -0.436 e. The Morgan fingerprint density at radius 1 is 0.913 bits per heavy atom. The molecule has 0 aromatic heterocycles. The van der Waals surface area contributed by atoms with Gasteiger partial charge in [-0.15, -0.1) is 0 Å². The third-order valence-electron chi connectivity index (χ3n) is 3.01. The molecule has 0 saturated heterocycles. The van der Waals surface area contributed by atoms with Gasteiger partial charge in [0.2, 0.25) is 0 Å². The Labute approximate surface area is 149 Å². The zero-order valence-electron chi connectivity index (χ0n) is 13.9. The molecule has 0 radical (unpaired) electrons. The molecule has 1 rings (SSSR count). The van der Waals surface area contributed by atoms with E-state index in [1.807, 2.05) is 76.3 Å². The van der Waals surface area contributed by atoms with Gasteiger partial charge in [-0.3, -0.25) is 0 Å². The Bertz CT molecular complexity index is 710. The highest BCUT2D eigenvalue weighted by Gasteiger charge is 2.17. The number of allylic oxidation sites excluding steroid dienone is 4. The molecule has 1 unspecified atom stereocenters. The van der Waals surface area contributed by atoms with Crippen molar-refractivity contribution in [3.8, 4) is 5.75 Å². The van der Waals surface area contributed by atoms with Crippen molar-refractivity contribution >= 4 is 54.1 Å². The summed E-state index contributed by atoms with van der Waals surface area (Å²) >= 11 is 8.95. The smallest absolute Gasteiger partial charge is 0.291 e. The molecule has 5 heteroatoms. The minimum absolute atomic E-state index is 0.540. The van der Waals surface area contributed by atoms with Gasteiger partial charge in [-0.25, -0.2) is 0 Å². The first kappa shape index (κ1) is 20.0. The fourth-order valence-electron chi connectivity index (χ4n) is 2.29. The van der Waals surface area contributed by atoms with E-state index in [9.17, 15) is 4.89 Å². The summed E-state index contributed by atoms with van der Waals surface area (Å²) in [6.45, 7) is 7.86. The Balaban J connectivity index is 3.86. The predicted octanol–water partition coefficient (Wildman–Crippen LogP) is 6.34. The van der Waals surface area contributed by atoms with Crippen molar-refractivity contribution in [3.05, 3.63) is 52.6 Å². The van der Waals surface area contributed by atoms with E-state index in [0.717, 1.165) is 22.3 Å². The maximum Gasteiger partial charge on any atom is 0.291 e. The zero-order valence-corrected chi connectivity index (χ0v) is 16.5. The highest BCUT2D eigenvalue weighted by atomic mass is 32.9. The average Bonchev–Trinajstić information content (AvgIpc) is 2.45. The van der Waals surface area contributed by atoms with Gasteiger partial charge in [0.1, 0.15) is 5.75 Å². The first-order valence-electron chi connectivity index (χ1n) is 7.34. The lowest BCUT2D eigenvalue weighted by atomic mass is 9.93. The summed E-state index contributed by atoms with van der Waals surface area (Å²) < 4.78 is 5.60. The summed E-state index contributed by atoms with van der Waals surface area (Å²) in [4.78, 5) is 9.87. The Morgan fingerprint density at radius 3 is 1.87 bits per heavy atom. The second-order valence-electron chi connectivity index (χ2n) is 4.79. The summed E-state index contributed by atoms with van der Waals surface area (Å²) in [6, 6.07) is 1.89. The average molecular weight is 366 g/mol. The number of hydrogen-bond donors (Lipinski definition) is 2. The molecule has 0 heterocycles. The number of thiol groups is 1. The van der Waals surface area contributed by atoms with Gasteiger partial charge in [-0.05, 0) is 62.3 Å². The molecule has 1 aromatic rings. The molecular weight excluding hydrogens is 343 g/mol. The Hall–Kier alpha value is -1.06. The van der Waals surface area contributed by atoms with E-state index in [2.05, 4.69) is 18.3 Å². The third-order valence-corrected chi connectivity index (χ3v) is 3.91. The van der Waals surface area contributed by atoms with Gasteiger partial charge in [0.05, 0.1) is 0 Å². The van der Waals surface area contributed by atoms with Crippen molar-refractivity contribution in [2.45, 2.75) is 27.7 Å². The quantitative estimate of drug-likeness (QED) is 0.454. The number of benzene rings is 1. The second-order valence-corrected chi connectivity index (χ2v) is 9.87. The SMILES string of the molecule is CC=Cc1cc(OP(O)(=S)S)c(C=CC)c(C=CC)c1C=CC. The van der Waals surface area contributed by atoms with E-state index < -0.39 is 5.69 Å². The van der Waals surface area contributed by atoms with Crippen LogP contribution < -0.4 is 4.52 Å². The van der Waals surface area contributed by atoms with Crippen LogP contribution in [0.25, 0.3) is 24.3 Å². The van der Waals surface area contributed by atoms with Gasteiger partial charge in [0.15, 0.2) is 0 Å². The lowest BCUT2D eigenvalue weighted by Crippen LogP contribution is -1.97. The molecular formula is C18H23O2PS2. The lowest BCUT2D eigenvalue weighted by Gasteiger charge is -2.19. The maximum absolute atomic E-state index is 9.87. The summed E-state index contributed by atoms with van der Waals surface area (Å²) in [5.74, 6) is 0.540. The molecule has 0 amide bonds. The minimum atomic E-state index is -3.12. The molecule has 1 N–H and O–H groups in total. The first-order chi connectivity index (χ1) is 10.9. The van der Waals surface area contributed by atoms with Crippen LogP contribution >= 0.6 is 17.9 Å². The van der Waals surface area contributed by atoms with E-state index in [1.165, 1.54) is 0 Å². The normalized spacial score (nSPS) is 15.2. The molecule has 0 bridgehead atoms. The van der Waals surface area contributed by atoms with Crippen LogP contribution in [0, 0.1) is 0 Å². The number of hydrogen-bond acceptors (Lipinski definition) is 2. The lowest BCUT2D eigenvalue weighted by molar-refractivity contribution is 0.504. The van der Waals surface area contributed by atoms with Crippen LogP contribution in [0.4, 0.5) is 0 Å². The van der Waals surface area contributed by atoms with Crippen LogP contribution in [0.1, 0.15) is 49.9 Å². The standard InChI is InChI=1S/C18H23O2PS2/c1-5-9-14-13-18(20-21(19,22)23)17(12-8-4)16(11-7-3)15(14)10-6-2/h5-13H,1-4H3,(H2,19,22,23). The van der Waals surface area contributed by atoms with Crippen LogP contribution in [0.2, 0.25) is 0 Å².